The zero-order valence-corrected chi connectivity index (χ0v) is 33.2. The fourth-order valence-corrected chi connectivity index (χ4v) is 10.3. The molecule has 62 heavy (non-hydrogen) atoms. The molecule has 0 fully saturated rings. The molecule has 9 aromatic carbocycles. The van der Waals surface area contributed by atoms with Crippen LogP contribution in [0.2, 0.25) is 0 Å². The minimum atomic E-state index is 0.632. The fourth-order valence-electron chi connectivity index (χ4n) is 10.3. The van der Waals surface area contributed by atoms with Crippen LogP contribution >= 0.6 is 0 Å². The zero-order chi connectivity index (χ0) is 41.1. The van der Waals surface area contributed by atoms with E-state index >= 15 is 0 Å². The summed E-state index contributed by atoms with van der Waals surface area (Å²) in [6.45, 7) is 0. The van der Waals surface area contributed by atoms with Crippen molar-refractivity contribution in [3.05, 3.63) is 205 Å². The van der Waals surface area contributed by atoms with Crippen LogP contribution in [0, 0.1) is 22.7 Å². The molecule has 13 aromatic rings. The van der Waals surface area contributed by atoms with Crippen LogP contribution in [-0.4, -0.2) is 8.80 Å². The summed E-state index contributed by atoms with van der Waals surface area (Å²) < 4.78 is 4.95. The Bertz CT molecular complexity index is 3720. The van der Waals surface area contributed by atoms with Gasteiger partial charge < -0.3 is 18.6 Å². The van der Waals surface area contributed by atoms with Crippen LogP contribution in [0.1, 0.15) is 11.1 Å². The predicted octanol–water partition coefficient (Wildman–Crippen LogP) is 14.7. The molecule has 6 heteroatoms. The summed E-state index contributed by atoms with van der Waals surface area (Å²) in [7, 11) is 0. The van der Waals surface area contributed by atoms with Gasteiger partial charge in [0.2, 0.25) is 0 Å². The molecule has 0 radical (unpaired) electrons. The van der Waals surface area contributed by atoms with E-state index in [4.69, 9.17) is 0 Å². The van der Waals surface area contributed by atoms with E-state index in [0.717, 1.165) is 45.2 Å². The van der Waals surface area contributed by atoms with E-state index in [2.05, 4.69) is 164 Å². The molecule has 0 amide bonds. The third-order valence-electron chi connectivity index (χ3n) is 12.8. The molecule has 4 aromatic heterocycles. The highest BCUT2D eigenvalue weighted by Gasteiger charge is 2.26. The average molecular weight is 789 g/mol. The van der Waals surface area contributed by atoms with Crippen LogP contribution in [0.5, 0.6) is 0 Å². The summed E-state index contributed by atoms with van der Waals surface area (Å²) >= 11 is 0. The van der Waals surface area contributed by atoms with Crippen molar-refractivity contribution in [2.24, 2.45) is 0 Å². The van der Waals surface area contributed by atoms with Gasteiger partial charge in [0.15, 0.2) is 0 Å². The first-order valence-electron chi connectivity index (χ1n) is 20.7. The summed E-state index contributed by atoms with van der Waals surface area (Å²) in [5, 5.41) is 28.8. The Labute approximate surface area is 355 Å². The largest absolute Gasteiger partial charge is 0.310 e. The number of anilines is 6. The first-order chi connectivity index (χ1) is 30.7. The van der Waals surface area contributed by atoms with Gasteiger partial charge in [-0.2, -0.15) is 10.5 Å². The number of rotatable bonds is 6. The Balaban J connectivity index is 1.08. The van der Waals surface area contributed by atoms with Gasteiger partial charge in [0.25, 0.3) is 0 Å². The standard InChI is InChI=1S/C56H32N6/c57-33-35-23-27-39(28-24-35)59(37-11-3-1-4-12-37)47-19-9-21-49-53(47)43-17-7-15-41-45-32-52-46(31-51(45)61(49)55(41)43)42-16-8-18-44-54-48(20-10-22-50(54)62(52)56(42)44)60(38-13-5-2-6-14-38)40-29-25-36(34-58)26-30-40/h1-32H. The van der Waals surface area contributed by atoms with Crippen LogP contribution in [0.15, 0.2) is 194 Å². The zero-order valence-electron chi connectivity index (χ0n) is 33.2. The summed E-state index contributed by atoms with van der Waals surface area (Å²) in [6.07, 6.45) is 0. The number of hydrogen-bond acceptors (Lipinski definition) is 4. The van der Waals surface area contributed by atoms with Crippen LogP contribution in [0.25, 0.3) is 76.2 Å². The second-order valence-electron chi connectivity index (χ2n) is 16.0. The lowest BCUT2D eigenvalue weighted by molar-refractivity contribution is 1.29. The molecule has 0 atom stereocenters. The monoisotopic (exact) mass is 788 g/mol. The highest BCUT2D eigenvalue weighted by molar-refractivity contribution is 6.31. The number of para-hydroxylation sites is 4. The Hall–Kier alpha value is -8.84. The molecule has 0 saturated carbocycles. The van der Waals surface area contributed by atoms with Gasteiger partial charge in [-0.05, 0) is 109 Å². The quantitative estimate of drug-likeness (QED) is 0.168. The normalized spacial score (nSPS) is 11.8. The van der Waals surface area contributed by atoms with Crippen LogP contribution in [0.4, 0.5) is 34.1 Å². The maximum atomic E-state index is 9.61. The van der Waals surface area contributed by atoms with Crippen molar-refractivity contribution in [2.45, 2.75) is 0 Å². The van der Waals surface area contributed by atoms with Gasteiger partial charge in [-0.25, -0.2) is 0 Å². The van der Waals surface area contributed by atoms with Gasteiger partial charge in [-0.3, -0.25) is 0 Å². The summed E-state index contributed by atoms with van der Waals surface area (Å²) in [5.41, 5.74) is 14.6. The fraction of sp³-hybridized carbons (Fsp3) is 0. The van der Waals surface area contributed by atoms with Crippen molar-refractivity contribution >= 4 is 110 Å². The molecule has 0 aliphatic carbocycles. The Morgan fingerprint density at radius 3 is 1.10 bits per heavy atom. The molecule has 13 rings (SSSR count). The third kappa shape index (κ3) is 4.61. The van der Waals surface area contributed by atoms with Crippen LogP contribution < -0.4 is 9.80 Å². The van der Waals surface area contributed by atoms with Crippen molar-refractivity contribution in [3.63, 3.8) is 0 Å². The molecule has 4 heterocycles. The van der Waals surface area contributed by atoms with Gasteiger partial charge in [0, 0.05) is 65.8 Å². The molecular weight excluding hydrogens is 757 g/mol. The van der Waals surface area contributed by atoms with Crippen LogP contribution in [0.3, 0.4) is 0 Å². The first-order valence-corrected chi connectivity index (χ1v) is 20.7. The van der Waals surface area contributed by atoms with Gasteiger partial charge in [-0.1, -0.05) is 84.9 Å². The molecule has 0 aliphatic heterocycles. The molecule has 0 bridgehead atoms. The summed E-state index contributed by atoms with van der Waals surface area (Å²) in [6, 6.07) is 72.7. The SMILES string of the molecule is N#Cc1ccc(N(c2ccccc2)c2cccc3c2c2cccc4c5cc6c(cc5n3c42)c2cccc3c4c(N(c5ccccc5)c5ccc(C#N)cc5)cccc4n6c23)cc1. The van der Waals surface area contributed by atoms with E-state index in [9.17, 15) is 10.5 Å². The van der Waals surface area contributed by atoms with Crippen LogP contribution in [-0.2, 0) is 0 Å². The second-order valence-corrected chi connectivity index (χ2v) is 16.0. The second kappa shape index (κ2) is 12.8. The number of hydrogen-bond donors (Lipinski definition) is 0. The molecule has 0 unspecified atom stereocenters. The topological polar surface area (TPSA) is 62.9 Å². The van der Waals surface area contributed by atoms with E-state index in [1.165, 1.54) is 65.2 Å². The predicted molar refractivity (Wildman–Crippen MR) is 255 cm³/mol. The van der Waals surface area contributed by atoms with E-state index in [-0.39, 0.29) is 0 Å². The number of aromatic nitrogens is 2. The van der Waals surface area contributed by atoms with Crippen molar-refractivity contribution in [1.82, 2.24) is 8.80 Å². The highest BCUT2D eigenvalue weighted by Crippen LogP contribution is 2.50. The van der Waals surface area contributed by atoms with Crippen molar-refractivity contribution in [3.8, 4) is 12.1 Å². The van der Waals surface area contributed by atoms with Gasteiger partial charge in [0.1, 0.15) is 0 Å². The Morgan fingerprint density at radius 1 is 0.323 bits per heavy atom. The van der Waals surface area contributed by atoms with Gasteiger partial charge in [0.05, 0.1) is 67.7 Å². The molecule has 0 spiro atoms. The minimum absolute atomic E-state index is 0.632. The number of benzene rings is 9. The van der Waals surface area contributed by atoms with Crippen molar-refractivity contribution in [1.29, 1.82) is 10.5 Å². The smallest absolute Gasteiger partial charge is 0.0991 e. The first kappa shape index (κ1) is 34.1. The number of fused-ring (bicyclic) bond motifs is 12. The third-order valence-corrected chi connectivity index (χ3v) is 12.8. The molecule has 0 saturated heterocycles. The van der Waals surface area contributed by atoms with E-state index < -0.39 is 0 Å². The Kier molecular flexibility index (Phi) is 7.05. The minimum Gasteiger partial charge on any atom is -0.310 e. The lowest BCUT2D eigenvalue weighted by Gasteiger charge is -2.26. The van der Waals surface area contributed by atoms with Crippen molar-refractivity contribution in [2.75, 3.05) is 9.80 Å². The molecule has 0 aliphatic rings. The van der Waals surface area contributed by atoms with E-state index in [0.29, 0.717) is 11.1 Å². The van der Waals surface area contributed by atoms with Crippen molar-refractivity contribution < 1.29 is 0 Å². The molecule has 0 N–H and O–H groups in total. The highest BCUT2D eigenvalue weighted by atomic mass is 15.2. The molecular formula is C56H32N6. The number of nitriles is 2. The summed E-state index contributed by atoms with van der Waals surface area (Å²) in [4.78, 5) is 4.61. The molecule has 6 nitrogen and oxygen atoms in total. The number of nitrogens with zero attached hydrogens (tertiary/aromatic N) is 6. The lowest BCUT2D eigenvalue weighted by Crippen LogP contribution is -2.10. The lowest BCUT2D eigenvalue weighted by atomic mass is 10.0. The van der Waals surface area contributed by atoms with E-state index in [1.54, 1.807) is 0 Å². The maximum Gasteiger partial charge on any atom is 0.0991 e. The maximum absolute atomic E-state index is 9.61. The Morgan fingerprint density at radius 2 is 0.694 bits per heavy atom. The van der Waals surface area contributed by atoms with Gasteiger partial charge in [-0.15, -0.1) is 0 Å². The van der Waals surface area contributed by atoms with E-state index in [1.807, 2.05) is 60.7 Å². The van der Waals surface area contributed by atoms with Gasteiger partial charge >= 0.3 is 0 Å². The average Bonchev–Trinajstić information content (AvgIpc) is 4.06. The molecule has 286 valence electrons. The summed E-state index contributed by atoms with van der Waals surface area (Å²) in [5.74, 6) is 0.